The quantitative estimate of drug-likeness (QED) is 0.893. The Labute approximate surface area is 129 Å². The van der Waals surface area contributed by atoms with Gasteiger partial charge in [-0.3, -0.25) is 0 Å². The number of aromatic nitrogens is 3. The minimum Gasteiger partial charge on any atom is -0.481 e. The third kappa shape index (κ3) is 3.62. The van der Waals surface area contributed by atoms with Crippen LogP contribution in [0.5, 0.6) is 5.88 Å². The molecular formula is C15H19N5O2. The third-order valence-electron chi connectivity index (χ3n) is 3.39. The smallest absolute Gasteiger partial charge is 0.226 e. The van der Waals surface area contributed by atoms with Gasteiger partial charge in [0.2, 0.25) is 11.8 Å². The van der Waals surface area contributed by atoms with Crippen LogP contribution in [0, 0.1) is 0 Å². The van der Waals surface area contributed by atoms with Crippen LogP contribution >= 0.6 is 0 Å². The summed E-state index contributed by atoms with van der Waals surface area (Å²) in [5.74, 6) is 2.04. The highest BCUT2D eigenvalue weighted by molar-refractivity contribution is 5.40. The number of pyridine rings is 1. The van der Waals surface area contributed by atoms with Crippen molar-refractivity contribution in [2.45, 2.75) is 6.54 Å². The zero-order chi connectivity index (χ0) is 15.2. The Hall–Kier alpha value is -2.41. The van der Waals surface area contributed by atoms with Crippen LogP contribution in [-0.4, -0.2) is 48.4 Å². The van der Waals surface area contributed by atoms with Gasteiger partial charge >= 0.3 is 0 Å². The second-order valence-corrected chi connectivity index (χ2v) is 4.86. The first kappa shape index (κ1) is 14.5. The van der Waals surface area contributed by atoms with Crippen molar-refractivity contribution in [2.75, 3.05) is 43.6 Å². The van der Waals surface area contributed by atoms with Crippen molar-refractivity contribution in [3.8, 4) is 5.88 Å². The maximum absolute atomic E-state index is 5.37. The van der Waals surface area contributed by atoms with Crippen molar-refractivity contribution >= 4 is 11.8 Å². The molecular weight excluding hydrogens is 282 g/mol. The van der Waals surface area contributed by atoms with Crippen molar-refractivity contribution < 1.29 is 9.47 Å². The molecule has 0 spiro atoms. The summed E-state index contributed by atoms with van der Waals surface area (Å²) in [5, 5.41) is 3.16. The van der Waals surface area contributed by atoms with E-state index in [9.17, 15) is 0 Å². The number of methoxy groups -OCH3 is 1. The van der Waals surface area contributed by atoms with Crippen LogP contribution in [0.4, 0.5) is 11.8 Å². The number of rotatable bonds is 5. The lowest BCUT2D eigenvalue weighted by atomic mass is 10.3. The maximum atomic E-state index is 5.37. The van der Waals surface area contributed by atoms with E-state index in [0.717, 1.165) is 37.8 Å². The number of ether oxygens (including phenoxy) is 2. The van der Waals surface area contributed by atoms with E-state index in [1.54, 1.807) is 19.4 Å². The predicted molar refractivity (Wildman–Crippen MR) is 83.2 cm³/mol. The second-order valence-electron chi connectivity index (χ2n) is 4.86. The molecule has 1 fully saturated rings. The molecule has 1 aliphatic heterocycles. The number of morpholine rings is 1. The van der Waals surface area contributed by atoms with E-state index in [1.165, 1.54) is 0 Å². The lowest BCUT2D eigenvalue weighted by Crippen LogP contribution is -2.36. The summed E-state index contributed by atoms with van der Waals surface area (Å²) in [6, 6.07) is 7.73. The first-order chi connectivity index (χ1) is 10.8. The number of nitrogens with zero attached hydrogens (tertiary/aromatic N) is 4. The summed E-state index contributed by atoms with van der Waals surface area (Å²) in [6.45, 7) is 3.82. The fourth-order valence-corrected chi connectivity index (χ4v) is 2.24. The van der Waals surface area contributed by atoms with Crippen LogP contribution in [0.2, 0.25) is 0 Å². The van der Waals surface area contributed by atoms with Gasteiger partial charge in [-0.2, -0.15) is 4.98 Å². The van der Waals surface area contributed by atoms with E-state index in [1.807, 2.05) is 18.2 Å². The Morgan fingerprint density at radius 2 is 2.09 bits per heavy atom. The van der Waals surface area contributed by atoms with E-state index in [0.29, 0.717) is 18.4 Å². The lowest BCUT2D eigenvalue weighted by molar-refractivity contribution is 0.122. The van der Waals surface area contributed by atoms with Gasteiger partial charge in [-0.25, -0.2) is 9.97 Å². The molecule has 7 heteroatoms. The van der Waals surface area contributed by atoms with Gasteiger partial charge in [0.1, 0.15) is 5.82 Å². The normalized spacial score (nSPS) is 14.7. The molecule has 22 heavy (non-hydrogen) atoms. The number of hydrogen-bond donors (Lipinski definition) is 1. The number of nitrogens with one attached hydrogen (secondary N) is 1. The maximum Gasteiger partial charge on any atom is 0.226 e. The van der Waals surface area contributed by atoms with Crippen molar-refractivity contribution in [3.05, 3.63) is 36.2 Å². The first-order valence-corrected chi connectivity index (χ1v) is 7.25. The van der Waals surface area contributed by atoms with Gasteiger partial charge in [-0.1, -0.05) is 6.07 Å². The largest absolute Gasteiger partial charge is 0.481 e. The van der Waals surface area contributed by atoms with Gasteiger partial charge in [0.25, 0.3) is 0 Å². The van der Waals surface area contributed by atoms with E-state index >= 15 is 0 Å². The Kier molecular flexibility index (Phi) is 4.65. The van der Waals surface area contributed by atoms with E-state index in [-0.39, 0.29) is 0 Å². The fourth-order valence-electron chi connectivity index (χ4n) is 2.24. The molecule has 1 saturated heterocycles. The van der Waals surface area contributed by atoms with Crippen LogP contribution < -0.4 is 15.0 Å². The summed E-state index contributed by atoms with van der Waals surface area (Å²) in [7, 11) is 1.58. The standard InChI is InChI=1S/C15H19N5O2/c1-21-14-5-6-16-15(19-14)17-11-12-3-2-4-13(18-12)20-7-9-22-10-8-20/h2-6H,7-11H2,1H3,(H,16,17,19). The lowest BCUT2D eigenvalue weighted by Gasteiger charge is -2.28. The fraction of sp³-hybridized carbons (Fsp3) is 0.400. The van der Waals surface area contributed by atoms with Crippen LogP contribution in [0.25, 0.3) is 0 Å². The third-order valence-corrected chi connectivity index (χ3v) is 3.39. The molecule has 0 unspecified atom stereocenters. The SMILES string of the molecule is COc1ccnc(NCc2cccc(N3CCOCC3)n2)n1. The summed E-state index contributed by atoms with van der Waals surface area (Å²) < 4.78 is 10.4. The average molecular weight is 301 g/mol. The molecule has 3 rings (SSSR count). The molecule has 1 N–H and O–H groups in total. The molecule has 2 aromatic rings. The highest BCUT2D eigenvalue weighted by Crippen LogP contribution is 2.14. The molecule has 2 aromatic heterocycles. The van der Waals surface area contributed by atoms with E-state index in [4.69, 9.17) is 9.47 Å². The number of anilines is 2. The minimum atomic E-state index is 0.526. The van der Waals surface area contributed by atoms with Crippen molar-refractivity contribution in [1.29, 1.82) is 0 Å². The van der Waals surface area contributed by atoms with Gasteiger partial charge in [-0.15, -0.1) is 0 Å². The first-order valence-electron chi connectivity index (χ1n) is 7.25. The molecule has 0 amide bonds. The highest BCUT2D eigenvalue weighted by atomic mass is 16.5. The summed E-state index contributed by atoms with van der Waals surface area (Å²) in [6.07, 6.45) is 1.66. The summed E-state index contributed by atoms with van der Waals surface area (Å²) in [5.41, 5.74) is 0.940. The molecule has 0 aromatic carbocycles. The number of hydrogen-bond acceptors (Lipinski definition) is 7. The predicted octanol–water partition coefficient (Wildman–Crippen LogP) is 1.33. The van der Waals surface area contributed by atoms with Crippen LogP contribution in [0.15, 0.2) is 30.5 Å². The Morgan fingerprint density at radius 3 is 2.91 bits per heavy atom. The highest BCUT2D eigenvalue weighted by Gasteiger charge is 2.12. The van der Waals surface area contributed by atoms with Gasteiger partial charge in [0.05, 0.1) is 32.6 Å². The average Bonchev–Trinajstić information content (AvgIpc) is 2.61. The minimum absolute atomic E-state index is 0.526. The topological polar surface area (TPSA) is 72.4 Å². The Balaban J connectivity index is 1.64. The molecule has 0 aliphatic carbocycles. The van der Waals surface area contributed by atoms with E-state index < -0.39 is 0 Å². The van der Waals surface area contributed by atoms with Crippen molar-refractivity contribution in [1.82, 2.24) is 15.0 Å². The molecule has 7 nitrogen and oxygen atoms in total. The zero-order valence-corrected chi connectivity index (χ0v) is 12.5. The van der Waals surface area contributed by atoms with Gasteiger partial charge < -0.3 is 19.7 Å². The molecule has 3 heterocycles. The molecule has 0 atom stereocenters. The monoisotopic (exact) mass is 301 g/mol. The van der Waals surface area contributed by atoms with E-state index in [2.05, 4.69) is 25.2 Å². The van der Waals surface area contributed by atoms with Crippen molar-refractivity contribution in [3.63, 3.8) is 0 Å². The molecule has 116 valence electrons. The Morgan fingerprint density at radius 1 is 1.23 bits per heavy atom. The van der Waals surface area contributed by atoms with Crippen molar-refractivity contribution in [2.24, 2.45) is 0 Å². The van der Waals surface area contributed by atoms with Crippen LogP contribution in [0.3, 0.4) is 0 Å². The summed E-state index contributed by atoms with van der Waals surface area (Å²) in [4.78, 5) is 15.3. The Bertz CT molecular complexity index is 616. The van der Waals surface area contributed by atoms with Gasteiger partial charge in [0.15, 0.2) is 0 Å². The molecule has 1 aliphatic rings. The van der Waals surface area contributed by atoms with Crippen LogP contribution in [-0.2, 0) is 11.3 Å². The molecule has 0 bridgehead atoms. The summed E-state index contributed by atoms with van der Waals surface area (Å²) >= 11 is 0. The van der Waals surface area contributed by atoms with Gasteiger partial charge in [-0.05, 0) is 12.1 Å². The van der Waals surface area contributed by atoms with Gasteiger partial charge in [0, 0.05) is 25.4 Å². The second kappa shape index (κ2) is 7.04. The molecule has 0 saturated carbocycles. The zero-order valence-electron chi connectivity index (χ0n) is 12.5. The van der Waals surface area contributed by atoms with Crippen LogP contribution in [0.1, 0.15) is 5.69 Å². The molecule has 0 radical (unpaired) electrons.